The summed E-state index contributed by atoms with van der Waals surface area (Å²) in [4.78, 5) is 11.6. The van der Waals surface area contributed by atoms with Gasteiger partial charge in [-0.3, -0.25) is 0 Å². The molecule has 0 fully saturated rings. The van der Waals surface area contributed by atoms with Crippen molar-refractivity contribution in [2.24, 2.45) is 5.14 Å². The SMILES string of the molecule is CC(C)(C)OC(=O)c1ccc(S(N)(=O)=O)cc1N. The van der Waals surface area contributed by atoms with E-state index in [1.165, 1.54) is 12.1 Å². The maximum absolute atomic E-state index is 11.8. The number of benzene rings is 1. The van der Waals surface area contributed by atoms with Gasteiger partial charge in [0.1, 0.15) is 5.60 Å². The Morgan fingerprint density at radius 2 is 1.83 bits per heavy atom. The molecule has 0 atom stereocenters. The van der Waals surface area contributed by atoms with E-state index in [0.29, 0.717) is 0 Å². The molecule has 0 unspecified atom stereocenters. The zero-order valence-corrected chi connectivity index (χ0v) is 11.2. The van der Waals surface area contributed by atoms with Crippen molar-refractivity contribution in [3.8, 4) is 0 Å². The van der Waals surface area contributed by atoms with Crippen LogP contribution in [0.15, 0.2) is 23.1 Å². The first-order chi connectivity index (χ1) is 8.00. The largest absolute Gasteiger partial charge is 0.456 e. The number of rotatable bonds is 2. The number of anilines is 1. The minimum absolute atomic E-state index is 0.00998. The molecule has 18 heavy (non-hydrogen) atoms. The van der Waals surface area contributed by atoms with Crippen LogP contribution in [0.4, 0.5) is 5.69 Å². The first-order valence-corrected chi connectivity index (χ1v) is 6.71. The van der Waals surface area contributed by atoms with Crippen LogP contribution < -0.4 is 10.9 Å². The molecule has 0 spiro atoms. The summed E-state index contributed by atoms with van der Waals surface area (Å²) in [6.45, 7) is 5.17. The highest BCUT2D eigenvalue weighted by molar-refractivity contribution is 7.89. The first-order valence-electron chi connectivity index (χ1n) is 5.16. The van der Waals surface area contributed by atoms with Crippen LogP contribution in [0.25, 0.3) is 0 Å². The highest BCUT2D eigenvalue weighted by Crippen LogP contribution is 2.20. The summed E-state index contributed by atoms with van der Waals surface area (Å²) in [5, 5.41) is 4.95. The van der Waals surface area contributed by atoms with Crippen LogP contribution in [0.5, 0.6) is 0 Å². The molecule has 100 valence electrons. The Bertz CT molecular complexity index is 573. The Balaban J connectivity index is 3.11. The average molecular weight is 272 g/mol. The van der Waals surface area contributed by atoms with Gasteiger partial charge in [-0.25, -0.2) is 18.4 Å². The lowest BCUT2D eigenvalue weighted by Gasteiger charge is -2.20. The highest BCUT2D eigenvalue weighted by atomic mass is 32.2. The van der Waals surface area contributed by atoms with Gasteiger partial charge < -0.3 is 10.5 Å². The smallest absolute Gasteiger partial charge is 0.340 e. The van der Waals surface area contributed by atoms with Gasteiger partial charge in [-0.2, -0.15) is 0 Å². The number of primary sulfonamides is 1. The minimum atomic E-state index is -3.84. The predicted octanol–water partition coefficient (Wildman–Crippen LogP) is 0.872. The van der Waals surface area contributed by atoms with Gasteiger partial charge in [0.15, 0.2) is 0 Å². The Morgan fingerprint density at radius 1 is 1.28 bits per heavy atom. The van der Waals surface area contributed by atoms with E-state index in [0.717, 1.165) is 6.07 Å². The van der Waals surface area contributed by atoms with Crippen LogP contribution in [0.2, 0.25) is 0 Å². The number of esters is 1. The molecule has 0 saturated carbocycles. The van der Waals surface area contributed by atoms with Crippen molar-refractivity contribution in [1.82, 2.24) is 0 Å². The number of nitrogens with two attached hydrogens (primary N) is 2. The number of carbonyl (C=O) groups excluding carboxylic acids is 1. The molecular weight excluding hydrogens is 256 g/mol. The van der Waals surface area contributed by atoms with Gasteiger partial charge in [0.05, 0.1) is 10.5 Å². The van der Waals surface area contributed by atoms with Gasteiger partial charge in [0, 0.05) is 5.69 Å². The number of sulfonamides is 1. The number of carbonyl (C=O) groups is 1. The van der Waals surface area contributed by atoms with Crippen molar-refractivity contribution in [2.75, 3.05) is 5.73 Å². The summed E-state index contributed by atoms with van der Waals surface area (Å²) >= 11 is 0. The molecule has 0 aliphatic rings. The summed E-state index contributed by atoms with van der Waals surface area (Å²) in [6.07, 6.45) is 0. The van der Waals surface area contributed by atoms with E-state index in [1.54, 1.807) is 20.8 Å². The molecule has 1 rings (SSSR count). The Labute approximate surface area is 106 Å². The third kappa shape index (κ3) is 3.71. The molecule has 7 heteroatoms. The normalized spacial score (nSPS) is 12.2. The van der Waals surface area contributed by atoms with E-state index in [1.807, 2.05) is 0 Å². The molecule has 4 N–H and O–H groups in total. The number of nitrogen functional groups attached to an aromatic ring is 1. The molecule has 0 radical (unpaired) electrons. The molecule has 0 aliphatic heterocycles. The van der Waals surface area contributed by atoms with Crippen LogP contribution in [0.3, 0.4) is 0 Å². The van der Waals surface area contributed by atoms with Gasteiger partial charge in [-0.05, 0) is 39.0 Å². The Morgan fingerprint density at radius 3 is 2.22 bits per heavy atom. The third-order valence-corrected chi connectivity index (χ3v) is 2.88. The molecule has 1 aromatic rings. The van der Waals surface area contributed by atoms with Crippen LogP contribution in [-0.4, -0.2) is 20.0 Å². The topological polar surface area (TPSA) is 112 Å². The lowest BCUT2D eigenvalue weighted by molar-refractivity contribution is 0.00707. The Hall–Kier alpha value is -1.60. The van der Waals surface area contributed by atoms with Crippen LogP contribution in [0, 0.1) is 0 Å². The Kier molecular flexibility index (Phi) is 3.68. The lowest BCUT2D eigenvalue weighted by Crippen LogP contribution is -2.24. The van der Waals surface area contributed by atoms with Crippen molar-refractivity contribution in [3.63, 3.8) is 0 Å². The summed E-state index contributed by atoms with van der Waals surface area (Å²) in [5.41, 5.74) is 5.08. The summed E-state index contributed by atoms with van der Waals surface area (Å²) in [6, 6.07) is 3.63. The second-order valence-electron chi connectivity index (χ2n) is 4.80. The van der Waals surface area contributed by atoms with Gasteiger partial charge >= 0.3 is 5.97 Å². The van der Waals surface area contributed by atoms with E-state index in [-0.39, 0.29) is 16.1 Å². The summed E-state index contributed by atoms with van der Waals surface area (Å²) in [7, 11) is -3.84. The minimum Gasteiger partial charge on any atom is -0.456 e. The monoisotopic (exact) mass is 272 g/mol. The van der Waals surface area contributed by atoms with Crippen molar-refractivity contribution in [1.29, 1.82) is 0 Å². The second-order valence-corrected chi connectivity index (χ2v) is 6.36. The van der Waals surface area contributed by atoms with Crippen LogP contribution in [-0.2, 0) is 14.8 Å². The fourth-order valence-electron chi connectivity index (χ4n) is 1.24. The van der Waals surface area contributed by atoms with Crippen molar-refractivity contribution in [2.45, 2.75) is 31.3 Å². The maximum Gasteiger partial charge on any atom is 0.340 e. The van der Waals surface area contributed by atoms with Gasteiger partial charge in [-0.15, -0.1) is 0 Å². The van der Waals surface area contributed by atoms with Crippen LogP contribution >= 0.6 is 0 Å². The van der Waals surface area contributed by atoms with Crippen molar-refractivity contribution >= 4 is 21.7 Å². The fourth-order valence-corrected chi connectivity index (χ4v) is 1.79. The second kappa shape index (κ2) is 4.58. The van der Waals surface area contributed by atoms with Gasteiger partial charge in [0.2, 0.25) is 10.0 Å². The van der Waals surface area contributed by atoms with Crippen molar-refractivity contribution < 1.29 is 17.9 Å². The molecule has 6 nitrogen and oxygen atoms in total. The molecule has 0 aromatic heterocycles. The summed E-state index contributed by atoms with van der Waals surface area (Å²) in [5.74, 6) is -0.610. The average Bonchev–Trinajstić information content (AvgIpc) is 2.12. The fraction of sp³-hybridized carbons (Fsp3) is 0.364. The molecular formula is C11H16N2O4S. The zero-order chi connectivity index (χ0) is 14.1. The van der Waals surface area contributed by atoms with Gasteiger partial charge in [0.25, 0.3) is 0 Å². The van der Waals surface area contributed by atoms with Gasteiger partial charge in [-0.1, -0.05) is 0 Å². The maximum atomic E-state index is 11.8. The van der Waals surface area contributed by atoms with E-state index in [4.69, 9.17) is 15.6 Å². The first kappa shape index (κ1) is 14.5. The zero-order valence-electron chi connectivity index (χ0n) is 10.4. The lowest BCUT2D eigenvalue weighted by atomic mass is 10.1. The summed E-state index contributed by atoms with van der Waals surface area (Å²) < 4.78 is 27.3. The molecule has 0 heterocycles. The molecule has 1 aromatic carbocycles. The van der Waals surface area contributed by atoms with Crippen molar-refractivity contribution in [3.05, 3.63) is 23.8 Å². The van der Waals surface area contributed by atoms with E-state index < -0.39 is 21.6 Å². The third-order valence-electron chi connectivity index (χ3n) is 1.97. The standard InChI is InChI=1S/C11H16N2O4S/c1-11(2,3)17-10(14)8-5-4-7(6-9(8)12)18(13,15)16/h4-6H,12H2,1-3H3,(H2,13,15,16). The number of hydrogen-bond acceptors (Lipinski definition) is 5. The number of hydrogen-bond donors (Lipinski definition) is 2. The predicted molar refractivity (Wildman–Crippen MR) is 67.4 cm³/mol. The molecule has 0 bridgehead atoms. The van der Waals surface area contributed by atoms with Crippen LogP contribution in [0.1, 0.15) is 31.1 Å². The quantitative estimate of drug-likeness (QED) is 0.612. The molecule has 0 aliphatic carbocycles. The molecule has 0 amide bonds. The molecule has 0 saturated heterocycles. The highest BCUT2D eigenvalue weighted by Gasteiger charge is 2.20. The van der Waals surface area contributed by atoms with E-state index in [9.17, 15) is 13.2 Å². The van der Waals surface area contributed by atoms with E-state index >= 15 is 0 Å². The number of ether oxygens (including phenoxy) is 1. The van der Waals surface area contributed by atoms with E-state index in [2.05, 4.69) is 0 Å².